The fourth-order valence-corrected chi connectivity index (χ4v) is 3.41. The van der Waals surface area contributed by atoms with Crippen LogP contribution >= 0.6 is 11.8 Å². The molecule has 0 spiro atoms. The maximum absolute atomic E-state index is 6.50. The molecule has 1 rings (SSSR count). The fraction of sp³-hybridized carbons (Fsp3) is 1.00. The first-order valence-electron chi connectivity index (χ1n) is 6.57. The number of hydrogen-bond donors (Lipinski definition) is 1. The van der Waals surface area contributed by atoms with E-state index >= 15 is 0 Å². The smallest absolute Gasteiger partial charge is 0.0157 e. The second kappa shape index (κ2) is 6.80. The predicted octanol–water partition coefficient (Wildman–Crippen LogP) is 3.82. The van der Waals surface area contributed by atoms with Crippen LogP contribution in [-0.2, 0) is 0 Å². The van der Waals surface area contributed by atoms with E-state index in [4.69, 9.17) is 5.73 Å². The average Bonchev–Trinajstić information content (AvgIpc) is 2.24. The zero-order valence-corrected chi connectivity index (χ0v) is 11.2. The summed E-state index contributed by atoms with van der Waals surface area (Å²) in [6.45, 7) is 4.54. The van der Waals surface area contributed by atoms with Crippen LogP contribution in [0.15, 0.2) is 0 Å². The first kappa shape index (κ1) is 13.4. The summed E-state index contributed by atoms with van der Waals surface area (Å²) in [5.74, 6) is 3.45. The van der Waals surface area contributed by atoms with E-state index in [0.29, 0.717) is 0 Å². The number of thioether (sulfide) groups is 1. The SMILES string of the molecule is CCSCCCC1(N)CCCC(CC)C1. The third-order valence-electron chi connectivity index (χ3n) is 3.73. The quantitative estimate of drug-likeness (QED) is 0.701. The third kappa shape index (κ3) is 4.78. The highest BCUT2D eigenvalue weighted by Gasteiger charge is 2.31. The number of rotatable bonds is 6. The van der Waals surface area contributed by atoms with Gasteiger partial charge < -0.3 is 5.73 Å². The van der Waals surface area contributed by atoms with E-state index < -0.39 is 0 Å². The van der Waals surface area contributed by atoms with Crippen molar-refractivity contribution < 1.29 is 0 Å². The van der Waals surface area contributed by atoms with E-state index in [2.05, 4.69) is 13.8 Å². The second-order valence-corrected chi connectivity index (χ2v) is 6.43. The molecule has 0 aromatic rings. The van der Waals surface area contributed by atoms with Gasteiger partial charge in [-0.25, -0.2) is 0 Å². The monoisotopic (exact) mass is 229 g/mol. The van der Waals surface area contributed by atoms with Gasteiger partial charge in [0.15, 0.2) is 0 Å². The van der Waals surface area contributed by atoms with Gasteiger partial charge in [0, 0.05) is 5.54 Å². The van der Waals surface area contributed by atoms with E-state index in [0.717, 1.165) is 5.92 Å². The summed E-state index contributed by atoms with van der Waals surface area (Å²) in [5.41, 5.74) is 6.69. The topological polar surface area (TPSA) is 26.0 Å². The Morgan fingerprint density at radius 3 is 2.87 bits per heavy atom. The van der Waals surface area contributed by atoms with Gasteiger partial charge in [-0.05, 0) is 43.1 Å². The predicted molar refractivity (Wildman–Crippen MR) is 71.4 cm³/mol. The Kier molecular flexibility index (Phi) is 6.06. The standard InChI is InChI=1S/C13H27NS/c1-3-12-7-5-8-13(14,11-12)9-6-10-15-4-2/h12H,3-11,14H2,1-2H3. The average molecular weight is 229 g/mol. The van der Waals surface area contributed by atoms with Crippen LogP contribution in [0.25, 0.3) is 0 Å². The van der Waals surface area contributed by atoms with Crippen molar-refractivity contribution in [3.63, 3.8) is 0 Å². The Hall–Kier alpha value is 0.310. The minimum atomic E-state index is 0.188. The summed E-state index contributed by atoms with van der Waals surface area (Å²) >= 11 is 2.05. The lowest BCUT2D eigenvalue weighted by molar-refractivity contribution is 0.207. The lowest BCUT2D eigenvalue weighted by atomic mass is 9.73. The van der Waals surface area contributed by atoms with Gasteiger partial charge in [0.2, 0.25) is 0 Å². The van der Waals surface area contributed by atoms with Gasteiger partial charge in [0.25, 0.3) is 0 Å². The summed E-state index contributed by atoms with van der Waals surface area (Å²) in [4.78, 5) is 0. The van der Waals surface area contributed by atoms with Crippen LogP contribution in [0.3, 0.4) is 0 Å². The molecular formula is C13H27NS. The summed E-state index contributed by atoms with van der Waals surface area (Å²) in [7, 11) is 0. The molecule has 2 atom stereocenters. The molecule has 1 nitrogen and oxygen atoms in total. The largest absolute Gasteiger partial charge is 0.325 e. The summed E-state index contributed by atoms with van der Waals surface area (Å²) in [6.07, 6.45) is 9.19. The maximum Gasteiger partial charge on any atom is 0.0157 e. The van der Waals surface area contributed by atoms with Gasteiger partial charge in [0.05, 0.1) is 0 Å². The van der Waals surface area contributed by atoms with Crippen LogP contribution < -0.4 is 5.73 Å². The minimum Gasteiger partial charge on any atom is -0.325 e. The Balaban J connectivity index is 2.24. The lowest BCUT2D eigenvalue weighted by Gasteiger charge is -2.38. The van der Waals surface area contributed by atoms with E-state index in [9.17, 15) is 0 Å². The summed E-state index contributed by atoms with van der Waals surface area (Å²) < 4.78 is 0. The van der Waals surface area contributed by atoms with E-state index in [1.807, 2.05) is 11.8 Å². The van der Waals surface area contributed by atoms with Crippen molar-refractivity contribution in [3.8, 4) is 0 Å². The van der Waals surface area contributed by atoms with Crippen molar-refractivity contribution in [2.75, 3.05) is 11.5 Å². The number of hydrogen-bond acceptors (Lipinski definition) is 2. The third-order valence-corrected chi connectivity index (χ3v) is 4.71. The molecule has 1 fully saturated rings. The van der Waals surface area contributed by atoms with E-state index in [1.165, 1.54) is 56.5 Å². The van der Waals surface area contributed by atoms with Crippen LogP contribution in [-0.4, -0.2) is 17.0 Å². The van der Waals surface area contributed by atoms with Crippen molar-refractivity contribution in [2.24, 2.45) is 11.7 Å². The molecule has 15 heavy (non-hydrogen) atoms. The Labute approximate surface area is 99.6 Å². The van der Waals surface area contributed by atoms with E-state index in [-0.39, 0.29) is 5.54 Å². The zero-order valence-electron chi connectivity index (χ0n) is 10.4. The second-order valence-electron chi connectivity index (χ2n) is 5.03. The van der Waals surface area contributed by atoms with Crippen LogP contribution in [0.2, 0.25) is 0 Å². The molecule has 0 saturated heterocycles. The lowest BCUT2D eigenvalue weighted by Crippen LogP contribution is -2.44. The van der Waals surface area contributed by atoms with Gasteiger partial charge in [-0.3, -0.25) is 0 Å². The highest BCUT2D eigenvalue weighted by atomic mass is 32.2. The number of nitrogens with two attached hydrogens (primary N) is 1. The molecule has 0 aromatic carbocycles. The first-order chi connectivity index (χ1) is 7.20. The molecule has 0 aromatic heterocycles. The maximum atomic E-state index is 6.50. The van der Waals surface area contributed by atoms with Gasteiger partial charge in [-0.2, -0.15) is 11.8 Å². The highest BCUT2D eigenvalue weighted by molar-refractivity contribution is 7.99. The molecule has 0 heterocycles. The van der Waals surface area contributed by atoms with Crippen molar-refractivity contribution in [1.82, 2.24) is 0 Å². The molecule has 0 radical (unpaired) electrons. The Bertz CT molecular complexity index is 172. The molecule has 0 amide bonds. The normalized spacial score (nSPS) is 31.8. The van der Waals surface area contributed by atoms with Gasteiger partial charge in [-0.15, -0.1) is 0 Å². The molecule has 2 unspecified atom stereocenters. The molecule has 2 heteroatoms. The summed E-state index contributed by atoms with van der Waals surface area (Å²) in [5, 5.41) is 0. The molecule has 0 aliphatic heterocycles. The van der Waals surface area contributed by atoms with Crippen LogP contribution in [0.5, 0.6) is 0 Å². The summed E-state index contributed by atoms with van der Waals surface area (Å²) in [6, 6.07) is 0. The van der Waals surface area contributed by atoms with Gasteiger partial charge in [-0.1, -0.05) is 33.1 Å². The Morgan fingerprint density at radius 2 is 2.20 bits per heavy atom. The fourth-order valence-electron chi connectivity index (χ4n) is 2.77. The molecule has 2 N–H and O–H groups in total. The molecule has 1 aliphatic rings. The zero-order chi connectivity index (χ0) is 11.1. The minimum absolute atomic E-state index is 0.188. The van der Waals surface area contributed by atoms with Crippen molar-refractivity contribution >= 4 is 11.8 Å². The molecular weight excluding hydrogens is 202 g/mol. The first-order valence-corrected chi connectivity index (χ1v) is 7.72. The van der Waals surface area contributed by atoms with Gasteiger partial charge in [0.1, 0.15) is 0 Å². The molecule has 90 valence electrons. The Morgan fingerprint density at radius 1 is 1.40 bits per heavy atom. The van der Waals surface area contributed by atoms with Crippen molar-refractivity contribution in [3.05, 3.63) is 0 Å². The van der Waals surface area contributed by atoms with Crippen molar-refractivity contribution in [2.45, 2.75) is 64.3 Å². The molecule has 1 aliphatic carbocycles. The molecule has 0 bridgehead atoms. The highest BCUT2D eigenvalue weighted by Crippen LogP contribution is 2.35. The van der Waals surface area contributed by atoms with Crippen LogP contribution in [0.4, 0.5) is 0 Å². The van der Waals surface area contributed by atoms with Crippen molar-refractivity contribution in [1.29, 1.82) is 0 Å². The molecule has 1 saturated carbocycles. The van der Waals surface area contributed by atoms with E-state index in [1.54, 1.807) is 0 Å². The van der Waals surface area contributed by atoms with Crippen LogP contribution in [0.1, 0.15) is 58.8 Å². The van der Waals surface area contributed by atoms with Gasteiger partial charge >= 0.3 is 0 Å². The van der Waals surface area contributed by atoms with Crippen LogP contribution in [0, 0.1) is 5.92 Å².